The molecule has 2 aliphatic rings. The second kappa shape index (κ2) is 9.32. The summed E-state index contributed by atoms with van der Waals surface area (Å²) >= 11 is 3.33. The molecular formula is C19H25BrN4O3. The highest BCUT2D eigenvalue weighted by molar-refractivity contribution is 9.10. The van der Waals surface area contributed by atoms with Crippen molar-refractivity contribution in [2.75, 3.05) is 52.4 Å². The van der Waals surface area contributed by atoms with Gasteiger partial charge >= 0.3 is 0 Å². The molecule has 0 radical (unpaired) electrons. The molecule has 2 saturated heterocycles. The van der Waals surface area contributed by atoms with Crippen LogP contribution in [-0.2, 0) is 9.59 Å². The van der Waals surface area contributed by atoms with Gasteiger partial charge in [0.1, 0.15) is 0 Å². The maximum Gasteiger partial charge on any atom is 0.251 e. The molecule has 1 aromatic carbocycles. The third kappa shape index (κ3) is 5.52. The van der Waals surface area contributed by atoms with Gasteiger partial charge in [-0.25, -0.2) is 0 Å². The summed E-state index contributed by atoms with van der Waals surface area (Å²) in [5.41, 5.74) is 0.516. The van der Waals surface area contributed by atoms with Gasteiger partial charge in [0, 0.05) is 49.3 Å². The Labute approximate surface area is 167 Å². The number of amides is 3. The number of benzene rings is 1. The van der Waals surface area contributed by atoms with E-state index in [0.717, 1.165) is 30.4 Å². The number of rotatable bonds is 5. The number of hydrogen-bond acceptors (Lipinski definition) is 4. The van der Waals surface area contributed by atoms with Crippen LogP contribution in [0.2, 0.25) is 0 Å². The fourth-order valence-corrected chi connectivity index (χ4v) is 3.81. The first-order valence-corrected chi connectivity index (χ1v) is 10.1. The molecule has 0 unspecified atom stereocenters. The molecule has 1 N–H and O–H groups in total. The van der Waals surface area contributed by atoms with Crippen molar-refractivity contribution in [1.29, 1.82) is 0 Å². The van der Waals surface area contributed by atoms with E-state index in [9.17, 15) is 14.4 Å². The molecule has 0 saturated carbocycles. The molecule has 3 rings (SSSR count). The van der Waals surface area contributed by atoms with Gasteiger partial charge in [-0.05, 0) is 31.0 Å². The van der Waals surface area contributed by atoms with Crippen molar-refractivity contribution < 1.29 is 14.4 Å². The van der Waals surface area contributed by atoms with E-state index in [1.807, 2.05) is 11.0 Å². The van der Waals surface area contributed by atoms with E-state index in [0.29, 0.717) is 38.3 Å². The smallest absolute Gasteiger partial charge is 0.251 e. The number of nitrogens with zero attached hydrogens (tertiary/aromatic N) is 3. The molecule has 146 valence electrons. The predicted octanol–water partition coefficient (Wildman–Crippen LogP) is 0.946. The van der Waals surface area contributed by atoms with Crippen LogP contribution in [0.3, 0.4) is 0 Å². The van der Waals surface area contributed by atoms with Crippen LogP contribution >= 0.6 is 15.9 Å². The average Bonchev–Trinajstić information content (AvgIpc) is 3.21. The van der Waals surface area contributed by atoms with Crippen molar-refractivity contribution in [3.8, 4) is 0 Å². The van der Waals surface area contributed by atoms with Crippen LogP contribution in [0.4, 0.5) is 0 Å². The molecule has 0 bridgehead atoms. The SMILES string of the molecule is O=C(NCC(=O)N1CCN(CC(=O)N2CCCC2)CC1)c1cccc(Br)c1. The van der Waals surface area contributed by atoms with Crippen molar-refractivity contribution in [2.45, 2.75) is 12.8 Å². The number of hydrogen-bond donors (Lipinski definition) is 1. The predicted molar refractivity (Wildman–Crippen MR) is 105 cm³/mol. The normalized spacial score (nSPS) is 17.8. The molecular weight excluding hydrogens is 412 g/mol. The Morgan fingerprint density at radius 1 is 0.926 bits per heavy atom. The lowest BCUT2D eigenvalue weighted by molar-refractivity contribution is -0.134. The Morgan fingerprint density at radius 2 is 1.59 bits per heavy atom. The van der Waals surface area contributed by atoms with E-state index in [4.69, 9.17) is 0 Å². The zero-order valence-corrected chi connectivity index (χ0v) is 16.9. The van der Waals surface area contributed by atoms with Crippen LogP contribution in [0.5, 0.6) is 0 Å². The number of carbonyl (C=O) groups excluding carboxylic acids is 3. The summed E-state index contributed by atoms with van der Waals surface area (Å²) in [4.78, 5) is 42.5. The molecule has 0 atom stereocenters. The van der Waals surface area contributed by atoms with Crippen LogP contribution in [0, 0.1) is 0 Å². The molecule has 27 heavy (non-hydrogen) atoms. The molecule has 0 aliphatic carbocycles. The average molecular weight is 437 g/mol. The monoisotopic (exact) mass is 436 g/mol. The standard InChI is InChI=1S/C19H25BrN4O3/c20-16-5-3-4-15(12-16)19(27)21-13-17(25)24-10-8-22(9-11-24)14-18(26)23-6-1-2-7-23/h3-5,12H,1-2,6-11,13-14H2,(H,21,27). The highest BCUT2D eigenvalue weighted by Gasteiger charge is 2.25. The first-order chi connectivity index (χ1) is 13.0. The largest absolute Gasteiger partial charge is 0.343 e. The van der Waals surface area contributed by atoms with Gasteiger partial charge in [-0.2, -0.15) is 0 Å². The summed E-state index contributed by atoms with van der Waals surface area (Å²) < 4.78 is 0.820. The van der Waals surface area contributed by atoms with Gasteiger partial charge in [-0.15, -0.1) is 0 Å². The van der Waals surface area contributed by atoms with Crippen LogP contribution in [-0.4, -0.2) is 84.8 Å². The van der Waals surface area contributed by atoms with E-state index in [1.54, 1.807) is 23.1 Å². The Kier molecular flexibility index (Phi) is 6.84. The number of piperazine rings is 1. The second-order valence-electron chi connectivity index (χ2n) is 6.94. The van der Waals surface area contributed by atoms with Crippen LogP contribution in [0.1, 0.15) is 23.2 Å². The maximum absolute atomic E-state index is 12.3. The summed E-state index contributed by atoms with van der Waals surface area (Å²) in [6, 6.07) is 7.05. The van der Waals surface area contributed by atoms with Crippen molar-refractivity contribution in [3.05, 3.63) is 34.3 Å². The molecule has 3 amide bonds. The third-order valence-corrected chi connectivity index (χ3v) is 5.52. The summed E-state index contributed by atoms with van der Waals surface area (Å²) in [6.07, 6.45) is 2.19. The van der Waals surface area contributed by atoms with Gasteiger partial charge in [0.05, 0.1) is 13.1 Å². The molecule has 1 aromatic rings. The summed E-state index contributed by atoms with van der Waals surface area (Å²) in [5.74, 6) is -0.170. The lowest BCUT2D eigenvalue weighted by atomic mass is 10.2. The van der Waals surface area contributed by atoms with Crippen molar-refractivity contribution >= 4 is 33.7 Å². The van der Waals surface area contributed by atoms with Gasteiger partial charge in [-0.1, -0.05) is 22.0 Å². The van der Waals surface area contributed by atoms with Gasteiger partial charge in [-0.3, -0.25) is 19.3 Å². The highest BCUT2D eigenvalue weighted by atomic mass is 79.9. The molecule has 0 aromatic heterocycles. The van der Waals surface area contributed by atoms with E-state index in [2.05, 4.69) is 26.1 Å². The number of carbonyl (C=O) groups is 3. The quantitative estimate of drug-likeness (QED) is 0.745. The van der Waals surface area contributed by atoms with Crippen molar-refractivity contribution in [1.82, 2.24) is 20.0 Å². The fraction of sp³-hybridized carbons (Fsp3) is 0.526. The highest BCUT2D eigenvalue weighted by Crippen LogP contribution is 2.12. The van der Waals surface area contributed by atoms with Crippen LogP contribution in [0.15, 0.2) is 28.7 Å². The Balaban J connectivity index is 1.39. The van der Waals surface area contributed by atoms with Gasteiger partial charge in [0.2, 0.25) is 11.8 Å². The third-order valence-electron chi connectivity index (χ3n) is 5.03. The second-order valence-corrected chi connectivity index (χ2v) is 7.85. The van der Waals surface area contributed by atoms with Crippen molar-refractivity contribution in [3.63, 3.8) is 0 Å². The zero-order chi connectivity index (χ0) is 19.2. The van der Waals surface area contributed by atoms with Gasteiger partial charge in [0.25, 0.3) is 5.91 Å². The number of halogens is 1. The fourth-order valence-electron chi connectivity index (χ4n) is 3.41. The number of likely N-dealkylation sites (tertiary alicyclic amines) is 1. The zero-order valence-electron chi connectivity index (χ0n) is 15.3. The minimum Gasteiger partial charge on any atom is -0.343 e. The van der Waals surface area contributed by atoms with Gasteiger partial charge < -0.3 is 15.1 Å². The lowest BCUT2D eigenvalue weighted by Crippen LogP contribution is -2.53. The van der Waals surface area contributed by atoms with Crippen LogP contribution in [0.25, 0.3) is 0 Å². The topological polar surface area (TPSA) is 73.0 Å². The molecule has 8 heteroatoms. The lowest BCUT2D eigenvalue weighted by Gasteiger charge is -2.35. The molecule has 2 fully saturated rings. The summed E-state index contributed by atoms with van der Waals surface area (Å²) in [7, 11) is 0. The minimum atomic E-state index is -0.264. The van der Waals surface area contributed by atoms with E-state index < -0.39 is 0 Å². The molecule has 2 heterocycles. The number of nitrogens with one attached hydrogen (secondary N) is 1. The van der Waals surface area contributed by atoms with Crippen LogP contribution < -0.4 is 5.32 Å². The first kappa shape index (κ1) is 19.8. The first-order valence-electron chi connectivity index (χ1n) is 9.34. The van der Waals surface area contributed by atoms with Crippen molar-refractivity contribution in [2.24, 2.45) is 0 Å². The van der Waals surface area contributed by atoms with E-state index in [-0.39, 0.29) is 24.3 Å². The van der Waals surface area contributed by atoms with E-state index in [1.165, 1.54) is 0 Å². The Morgan fingerprint density at radius 3 is 2.26 bits per heavy atom. The molecule has 2 aliphatic heterocycles. The Hall–Kier alpha value is -1.93. The van der Waals surface area contributed by atoms with Gasteiger partial charge in [0.15, 0.2) is 0 Å². The molecule has 7 nitrogen and oxygen atoms in total. The maximum atomic E-state index is 12.3. The van der Waals surface area contributed by atoms with E-state index >= 15 is 0 Å². The summed E-state index contributed by atoms with van der Waals surface area (Å²) in [6.45, 7) is 4.69. The Bertz CT molecular complexity index is 698. The minimum absolute atomic E-state index is 0.0158. The summed E-state index contributed by atoms with van der Waals surface area (Å²) in [5, 5.41) is 2.68. The molecule has 0 spiro atoms.